The number of nitrogens with one attached hydrogen (secondary N) is 1. The number of anilines is 1. The van der Waals surface area contributed by atoms with Gasteiger partial charge in [0.2, 0.25) is 5.91 Å². The van der Waals surface area contributed by atoms with Gasteiger partial charge in [-0.1, -0.05) is 18.2 Å². The second-order valence-electron chi connectivity index (χ2n) is 6.23. The van der Waals surface area contributed by atoms with Gasteiger partial charge in [-0.25, -0.2) is 0 Å². The lowest BCUT2D eigenvalue weighted by atomic mass is 10.1. The van der Waals surface area contributed by atoms with Crippen molar-refractivity contribution in [1.29, 1.82) is 0 Å². The number of carbonyl (C=O) groups excluding carboxylic acids is 1. The molecule has 0 aliphatic carbocycles. The number of carbonyl (C=O) groups is 1. The summed E-state index contributed by atoms with van der Waals surface area (Å²) in [6, 6.07) is 21.4. The second kappa shape index (κ2) is 7.37. The Morgan fingerprint density at radius 3 is 2.52 bits per heavy atom. The number of furan rings is 1. The van der Waals surface area contributed by atoms with E-state index in [1.165, 1.54) is 11.8 Å². The second-order valence-corrected chi connectivity index (χ2v) is 7.65. The number of hydrogen-bond acceptors (Lipinski definition) is 4. The maximum Gasteiger partial charge on any atom is 0.237 e. The number of hydrogen-bond donors (Lipinski definition) is 1. The van der Waals surface area contributed by atoms with Crippen molar-refractivity contribution < 1.29 is 13.9 Å². The summed E-state index contributed by atoms with van der Waals surface area (Å²) in [5.41, 5.74) is 2.35. The fourth-order valence-corrected chi connectivity index (χ4v) is 3.83. The molecule has 1 aromatic heterocycles. The Balaban J connectivity index is 1.48. The highest BCUT2D eigenvalue weighted by molar-refractivity contribution is 8.00. The van der Waals surface area contributed by atoms with Crippen LogP contribution in [-0.2, 0) is 4.79 Å². The number of fused-ring (bicyclic) bond motifs is 3. The molecular weight excluding hydrogens is 358 g/mol. The van der Waals surface area contributed by atoms with Crippen molar-refractivity contribution in [3.05, 3.63) is 66.7 Å². The maximum absolute atomic E-state index is 12.6. The Bertz CT molecular complexity index is 1100. The fourth-order valence-electron chi connectivity index (χ4n) is 2.96. The molecule has 4 aromatic rings. The summed E-state index contributed by atoms with van der Waals surface area (Å²) in [6.07, 6.45) is 0. The number of ether oxygens (including phenoxy) is 1. The van der Waals surface area contributed by atoms with Gasteiger partial charge in [0.05, 0.1) is 12.4 Å². The van der Waals surface area contributed by atoms with Crippen molar-refractivity contribution in [1.82, 2.24) is 0 Å². The first-order valence-electron chi connectivity index (χ1n) is 8.67. The summed E-state index contributed by atoms with van der Waals surface area (Å²) in [5, 5.41) is 4.87. The van der Waals surface area contributed by atoms with Gasteiger partial charge in [-0.15, -0.1) is 11.8 Å². The largest absolute Gasteiger partial charge is 0.497 e. The van der Waals surface area contributed by atoms with Crippen LogP contribution in [0.4, 0.5) is 5.69 Å². The zero-order chi connectivity index (χ0) is 18.8. The van der Waals surface area contributed by atoms with Crippen LogP contribution in [0.1, 0.15) is 6.92 Å². The minimum atomic E-state index is -0.232. The first-order chi connectivity index (χ1) is 13.1. The lowest BCUT2D eigenvalue weighted by Crippen LogP contribution is -2.22. The van der Waals surface area contributed by atoms with Crippen LogP contribution in [0.25, 0.3) is 21.9 Å². The molecule has 1 amide bonds. The van der Waals surface area contributed by atoms with Gasteiger partial charge in [-0.3, -0.25) is 4.79 Å². The van der Waals surface area contributed by atoms with E-state index in [1.807, 2.05) is 73.7 Å². The van der Waals surface area contributed by atoms with E-state index in [-0.39, 0.29) is 11.2 Å². The quantitative estimate of drug-likeness (QED) is 0.452. The van der Waals surface area contributed by atoms with Crippen molar-refractivity contribution in [3.63, 3.8) is 0 Å². The molecule has 0 spiro atoms. The van der Waals surface area contributed by atoms with Gasteiger partial charge < -0.3 is 14.5 Å². The monoisotopic (exact) mass is 377 g/mol. The Morgan fingerprint density at radius 2 is 1.74 bits per heavy atom. The molecule has 0 aliphatic rings. The molecule has 3 aromatic carbocycles. The summed E-state index contributed by atoms with van der Waals surface area (Å²) in [7, 11) is 1.64. The van der Waals surface area contributed by atoms with Gasteiger partial charge >= 0.3 is 0 Å². The predicted molar refractivity (Wildman–Crippen MR) is 111 cm³/mol. The Morgan fingerprint density at radius 1 is 1.00 bits per heavy atom. The third-order valence-electron chi connectivity index (χ3n) is 4.39. The lowest BCUT2D eigenvalue weighted by Gasteiger charge is -2.12. The summed E-state index contributed by atoms with van der Waals surface area (Å²) in [4.78, 5) is 13.6. The molecule has 0 unspecified atom stereocenters. The average molecular weight is 377 g/mol. The summed E-state index contributed by atoms with van der Waals surface area (Å²) in [5.74, 6) is 0.752. The molecular formula is C22H19NO3S. The van der Waals surface area contributed by atoms with Crippen molar-refractivity contribution in [3.8, 4) is 5.75 Å². The van der Waals surface area contributed by atoms with Crippen molar-refractivity contribution in [2.45, 2.75) is 17.1 Å². The van der Waals surface area contributed by atoms with Gasteiger partial charge in [-0.2, -0.15) is 0 Å². The molecule has 1 heterocycles. The van der Waals surface area contributed by atoms with Crippen molar-refractivity contribution in [2.24, 2.45) is 0 Å². The lowest BCUT2D eigenvalue weighted by molar-refractivity contribution is -0.115. The topological polar surface area (TPSA) is 51.5 Å². The number of para-hydroxylation sites is 1. The summed E-state index contributed by atoms with van der Waals surface area (Å²) >= 11 is 1.51. The molecule has 0 bridgehead atoms. The summed E-state index contributed by atoms with van der Waals surface area (Å²) in [6.45, 7) is 1.89. The molecule has 0 radical (unpaired) electrons. The van der Waals surface area contributed by atoms with Crippen LogP contribution in [0.2, 0.25) is 0 Å². The molecule has 1 atom stereocenters. The van der Waals surface area contributed by atoms with Crippen molar-refractivity contribution in [2.75, 3.05) is 12.4 Å². The molecule has 0 saturated carbocycles. The van der Waals surface area contributed by atoms with Crippen LogP contribution >= 0.6 is 11.8 Å². The zero-order valence-electron chi connectivity index (χ0n) is 15.1. The molecule has 136 valence electrons. The SMILES string of the molecule is COc1ccc(S[C@H](C)C(=O)Nc2ccc3c(c2)oc2ccccc23)cc1. The molecule has 27 heavy (non-hydrogen) atoms. The highest BCUT2D eigenvalue weighted by Gasteiger charge is 2.15. The summed E-state index contributed by atoms with van der Waals surface area (Å²) < 4.78 is 11.0. The minimum Gasteiger partial charge on any atom is -0.497 e. The number of amides is 1. The minimum absolute atomic E-state index is 0.0497. The number of methoxy groups -OCH3 is 1. The van der Waals surface area contributed by atoms with Crippen LogP contribution in [0.15, 0.2) is 76.0 Å². The molecule has 0 saturated heterocycles. The van der Waals surface area contributed by atoms with E-state index in [1.54, 1.807) is 7.11 Å². The number of benzene rings is 3. The first-order valence-corrected chi connectivity index (χ1v) is 9.55. The standard InChI is InChI=1S/C22H19NO3S/c1-14(27-17-10-8-16(25-2)9-11-17)22(24)23-15-7-12-19-18-5-3-4-6-20(18)26-21(19)13-15/h3-14H,1-2H3,(H,23,24)/t14-/m1/s1. The van der Waals surface area contributed by atoms with Crippen LogP contribution < -0.4 is 10.1 Å². The normalized spacial score (nSPS) is 12.2. The predicted octanol–water partition coefficient (Wildman–Crippen LogP) is 5.71. The van der Waals surface area contributed by atoms with Crippen molar-refractivity contribution >= 4 is 45.3 Å². The van der Waals surface area contributed by atoms with Gasteiger partial charge in [0.1, 0.15) is 16.9 Å². The van der Waals surface area contributed by atoms with Crippen LogP contribution in [-0.4, -0.2) is 18.3 Å². The van der Waals surface area contributed by atoms with Gasteiger partial charge in [-0.05, 0) is 49.4 Å². The van der Waals surface area contributed by atoms with E-state index in [0.717, 1.165) is 38.3 Å². The van der Waals surface area contributed by atoms with Gasteiger partial charge in [0.15, 0.2) is 0 Å². The Labute approximate surface area is 161 Å². The van der Waals surface area contributed by atoms with E-state index in [2.05, 4.69) is 5.32 Å². The highest BCUT2D eigenvalue weighted by atomic mass is 32.2. The van der Waals surface area contributed by atoms with Crippen LogP contribution in [0.5, 0.6) is 5.75 Å². The molecule has 1 N–H and O–H groups in total. The third kappa shape index (κ3) is 3.64. The highest BCUT2D eigenvalue weighted by Crippen LogP contribution is 2.31. The molecule has 0 aliphatic heterocycles. The van der Waals surface area contributed by atoms with E-state index in [4.69, 9.17) is 9.15 Å². The number of rotatable bonds is 5. The van der Waals surface area contributed by atoms with Gasteiger partial charge in [0.25, 0.3) is 0 Å². The zero-order valence-corrected chi connectivity index (χ0v) is 15.9. The van der Waals surface area contributed by atoms with E-state index in [9.17, 15) is 4.79 Å². The van der Waals surface area contributed by atoms with Crippen LogP contribution in [0, 0.1) is 0 Å². The fraction of sp³-hybridized carbons (Fsp3) is 0.136. The third-order valence-corrected chi connectivity index (χ3v) is 5.50. The Kier molecular flexibility index (Phi) is 4.77. The average Bonchev–Trinajstić information content (AvgIpc) is 3.06. The maximum atomic E-state index is 12.6. The number of thioether (sulfide) groups is 1. The van der Waals surface area contributed by atoms with E-state index < -0.39 is 0 Å². The first kappa shape index (κ1) is 17.5. The van der Waals surface area contributed by atoms with E-state index >= 15 is 0 Å². The van der Waals surface area contributed by atoms with Gasteiger partial charge in [0, 0.05) is 27.4 Å². The molecule has 0 fully saturated rings. The molecule has 4 rings (SSSR count). The van der Waals surface area contributed by atoms with E-state index in [0.29, 0.717) is 0 Å². The molecule has 5 heteroatoms. The van der Waals surface area contributed by atoms with Crippen LogP contribution in [0.3, 0.4) is 0 Å². The molecule has 4 nitrogen and oxygen atoms in total. The smallest absolute Gasteiger partial charge is 0.237 e. The Hall–Kier alpha value is -2.92.